The molecule has 9 heteroatoms. The maximum atomic E-state index is 6.77. The highest BCUT2D eigenvalue weighted by atomic mass is 79.9. The summed E-state index contributed by atoms with van der Waals surface area (Å²) in [6.07, 6.45) is 0. The molecule has 0 saturated heterocycles. The summed E-state index contributed by atoms with van der Waals surface area (Å²) < 4.78 is 5.41. The molecule has 0 aromatic heterocycles. The molecule has 4 N–H and O–H groups in total. The van der Waals surface area contributed by atoms with Crippen molar-refractivity contribution in [2.24, 2.45) is 11.5 Å². The topological polar surface area (TPSA) is 52.0 Å². The van der Waals surface area contributed by atoms with Crippen LogP contribution < -0.4 is 11.5 Å². The molecule has 0 heterocycles. The Labute approximate surface area is 191 Å². The van der Waals surface area contributed by atoms with Gasteiger partial charge in [-0.15, -0.1) is 12.4 Å². The van der Waals surface area contributed by atoms with Crippen LogP contribution in [0.3, 0.4) is 0 Å². The zero-order chi connectivity index (χ0) is 16.7. The molecule has 126 valence electrons. The van der Waals surface area contributed by atoms with Gasteiger partial charge in [-0.1, -0.05) is 95.6 Å². The Kier molecular flexibility index (Phi) is 8.78. The van der Waals surface area contributed by atoms with Gasteiger partial charge >= 0.3 is 0 Å². The lowest BCUT2D eigenvalue weighted by atomic mass is 9.84. The van der Waals surface area contributed by atoms with Crippen molar-refractivity contribution in [3.8, 4) is 0 Å². The Bertz CT molecular complexity index is 634. The van der Waals surface area contributed by atoms with Gasteiger partial charge in [-0.05, 0) is 24.3 Å². The van der Waals surface area contributed by atoms with Gasteiger partial charge < -0.3 is 11.5 Å². The highest BCUT2D eigenvalue weighted by Gasteiger charge is 2.36. The lowest BCUT2D eigenvalue weighted by Gasteiger charge is -2.33. The summed E-state index contributed by atoms with van der Waals surface area (Å²) in [6.45, 7) is 0.241. The van der Waals surface area contributed by atoms with E-state index in [0.717, 1.165) is 38.0 Å². The summed E-state index contributed by atoms with van der Waals surface area (Å²) in [5.41, 5.74) is 13.8. The number of hydrogen-bond donors (Lipinski definition) is 2. The molecule has 0 aliphatic rings. The smallest absolute Gasteiger partial charge is 0.0833 e. The van der Waals surface area contributed by atoms with E-state index in [2.05, 4.69) is 95.6 Å². The van der Waals surface area contributed by atoms with Gasteiger partial charge in [-0.25, -0.2) is 0 Å². The van der Waals surface area contributed by atoms with Crippen molar-refractivity contribution in [3.63, 3.8) is 0 Å². The second kappa shape index (κ2) is 8.95. The van der Waals surface area contributed by atoms with Crippen LogP contribution in [0.25, 0.3) is 0 Å². The zero-order valence-electron chi connectivity index (χ0n) is 11.3. The third-order valence-corrected chi connectivity index (χ3v) is 6.65. The van der Waals surface area contributed by atoms with Crippen molar-refractivity contribution in [1.29, 1.82) is 0 Å². The molecule has 2 aromatic rings. The number of halogens is 7. The predicted molar refractivity (Wildman–Crippen MR) is 120 cm³/mol. The molecule has 0 aliphatic heterocycles. The van der Waals surface area contributed by atoms with E-state index in [0.29, 0.717) is 0 Å². The van der Waals surface area contributed by atoms with Gasteiger partial charge in [0.25, 0.3) is 0 Å². The highest BCUT2D eigenvalue weighted by molar-refractivity contribution is 9.12. The largest absolute Gasteiger partial charge is 0.328 e. The molecule has 0 spiro atoms. The predicted octanol–water partition coefficient (Wildman–Crippen LogP) is 6.84. The lowest BCUT2D eigenvalue weighted by Crippen LogP contribution is -2.46. The van der Waals surface area contributed by atoms with E-state index < -0.39 is 5.54 Å². The summed E-state index contributed by atoms with van der Waals surface area (Å²) in [4.78, 5) is 0. The number of nitrogens with two attached hydrogens (primary N) is 2. The molecule has 2 rings (SSSR count). The van der Waals surface area contributed by atoms with Gasteiger partial charge in [0.2, 0.25) is 0 Å². The first kappa shape index (κ1) is 22.6. The summed E-state index contributed by atoms with van der Waals surface area (Å²) >= 11 is 21.3. The molecule has 0 fully saturated rings. The van der Waals surface area contributed by atoms with Gasteiger partial charge in [0.05, 0.1) is 5.54 Å². The second-order valence-corrected chi connectivity index (χ2v) is 9.91. The Morgan fingerprint density at radius 3 is 1.17 bits per heavy atom. The fourth-order valence-corrected chi connectivity index (χ4v) is 8.20. The fraction of sp³-hybridized carbons (Fsp3) is 0.143. The van der Waals surface area contributed by atoms with Gasteiger partial charge in [0, 0.05) is 44.5 Å². The van der Waals surface area contributed by atoms with Gasteiger partial charge in [0.15, 0.2) is 0 Å². The first-order chi connectivity index (χ1) is 10.2. The van der Waals surface area contributed by atoms with Gasteiger partial charge in [0.1, 0.15) is 0 Å². The van der Waals surface area contributed by atoms with Crippen LogP contribution in [-0.4, -0.2) is 6.54 Å². The van der Waals surface area contributed by atoms with Crippen LogP contribution in [0, 0.1) is 0 Å². The Balaban J connectivity index is 0.00000264. The van der Waals surface area contributed by atoms with Crippen LogP contribution in [0.5, 0.6) is 0 Å². The first-order valence-corrected chi connectivity index (χ1v) is 10.8. The van der Waals surface area contributed by atoms with Crippen LogP contribution in [0.2, 0.25) is 0 Å². The molecule has 0 atom stereocenters. The van der Waals surface area contributed by atoms with E-state index in [9.17, 15) is 0 Å². The van der Waals surface area contributed by atoms with Gasteiger partial charge in [-0.3, -0.25) is 0 Å². The number of rotatable bonds is 3. The van der Waals surface area contributed by atoms with Crippen LogP contribution in [0.15, 0.2) is 51.1 Å². The van der Waals surface area contributed by atoms with E-state index in [1.807, 2.05) is 24.3 Å². The van der Waals surface area contributed by atoms with E-state index in [1.165, 1.54) is 0 Å². The van der Waals surface area contributed by atoms with Crippen LogP contribution in [0.1, 0.15) is 11.1 Å². The molecule has 2 aromatic carbocycles. The van der Waals surface area contributed by atoms with Crippen molar-refractivity contribution < 1.29 is 0 Å². The monoisotopic (exact) mass is 716 g/mol. The van der Waals surface area contributed by atoms with Crippen molar-refractivity contribution >= 4 is 108 Å². The van der Waals surface area contributed by atoms with Gasteiger partial charge in [-0.2, -0.15) is 0 Å². The maximum absolute atomic E-state index is 6.77. The third-order valence-electron chi connectivity index (χ3n) is 3.23. The summed E-state index contributed by atoms with van der Waals surface area (Å²) in [7, 11) is 0. The van der Waals surface area contributed by atoms with E-state index in [-0.39, 0.29) is 19.0 Å². The minimum Gasteiger partial charge on any atom is -0.328 e. The fourth-order valence-electron chi connectivity index (χ4n) is 2.27. The Morgan fingerprint density at radius 1 is 0.696 bits per heavy atom. The quantitative estimate of drug-likeness (QED) is 0.365. The molecular weight excluding hydrogens is 711 g/mol. The van der Waals surface area contributed by atoms with Crippen molar-refractivity contribution in [1.82, 2.24) is 0 Å². The Hall–Kier alpha value is 1.53. The van der Waals surface area contributed by atoms with E-state index in [1.54, 1.807) is 0 Å². The number of benzene rings is 2. The zero-order valence-corrected chi connectivity index (χ0v) is 21.7. The minimum atomic E-state index is -0.878. The highest BCUT2D eigenvalue weighted by Crippen LogP contribution is 2.44. The molecule has 2 nitrogen and oxygen atoms in total. The summed E-state index contributed by atoms with van der Waals surface area (Å²) in [5.74, 6) is 0. The molecule has 0 amide bonds. The lowest BCUT2D eigenvalue weighted by molar-refractivity contribution is 0.541. The number of hydrogen-bond acceptors (Lipinski definition) is 2. The van der Waals surface area contributed by atoms with Crippen molar-refractivity contribution in [3.05, 3.63) is 62.2 Å². The average molecular weight is 722 g/mol. The van der Waals surface area contributed by atoms with E-state index in [4.69, 9.17) is 11.5 Å². The SMILES string of the molecule is Cl.NCC(N)(c1c(Br)cc(Br)cc1Br)c1c(Br)cc(Br)cc1Br. The molecule has 23 heavy (non-hydrogen) atoms. The molecule has 0 saturated carbocycles. The first-order valence-electron chi connectivity index (χ1n) is 5.99. The normalized spacial score (nSPS) is 11.3. The molecule has 0 aliphatic carbocycles. The molecular formula is C14H11Br6ClN2. The molecule has 0 unspecified atom stereocenters. The third kappa shape index (κ3) is 4.63. The minimum absolute atomic E-state index is 0. The van der Waals surface area contributed by atoms with Crippen LogP contribution in [-0.2, 0) is 5.54 Å². The van der Waals surface area contributed by atoms with Crippen molar-refractivity contribution in [2.45, 2.75) is 5.54 Å². The second-order valence-electron chi connectivity index (χ2n) is 4.66. The molecule has 0 radical (unpaired) electrons. The molecule has 0 bridgehead atoms. The van der Waals surface area contributed by atoms with Crippen LogP contribution in [0.4, 0.5) is 0 Å². The van der Waals surface area contributed by atoms with Crippen LogP contribution >= 0.6 is 108 Å². The van der Waals surface area contributed by atoms with E-state index >= 15 is 0 Å². The summed E-state index contributed by atoms with van der Waals surface area (Å²) in [6, 6.07) is 7.83. The van der Waals surface area contributed by atoms with Crippen molar-refractivity contribution in [2.75, 3.05) is 6.54 Å². The standard InChI is InChI=1S/C14H10Br6N2.ClH/c15-6-1-8(17)12(9(18)2-6)14(22,5-21)13-10(19)3-7(16)4-11(13)20;/h1-4H,5,21-22H2;1H. The maximum Gasteiger partial charge on any atom is 0.0833 e. The summed E-state index contributed by atoms with van der Waals surface area (Å²) in [5, 5.41) is 0. The Morgan fingerprint density at radius 2 is 0.957 bits per heavy atom. The average Bonchev–Trinajstić information content (AvgIpc) is 2.35.